The second kappa shape index (κ2) is 7.36. The van der Waals surface area contributed by atoms with Crippen LogP contribution in [-0.2, 0) is 17.5 Å². The van der Waals surface area contributed by atoms with Crippen LogP contribution in [0.2, 0.25) is 0 Å². The van der Waals surface area contributed by atoms with Crippen molar-refractivity contribution in [1.82, 2.24) is 25.6 Å². The van der Waals surface area contributed by atoms with Crippen molar-refractivity contribution < 1.29 is 18.0 Å². The molecular formula is C17H18F3N5O. The molecule has 1 saturated heterocycles. The first kappa shape index (κ1) is 18.2. The lowest BCUT2D eigenvalue weighted by Gasteiger charge is -2.12. The molecule has 1 amide bonds. The number of carbonyl (C=O) groups is 1. The Morgan fingerprint density at radius 2 is 2.08 bits per heavy atom. The molecule has 3 rings (SSSR count). The monoisotopic (exact) mass is 365 g/mol. The molecule has 138 valence electrons. The van der Waals surface area contributed by atoms with E-state index in [4.69, 9.17) is 0 Å². The van der Waals surface area contributed by atoms with Crippen LogP contribution in [0.5, 0.6) is 0 Å². The number of hydrogen-bond acceptors (Lipinski definition) is 5. The standard InChI is InChI=1S/C17H18F3N5O/c1-10-2-4-13(25-10)16(26)22-8-12-6-14(24-9-23-12)11-3-5-15(21-7-11)17(18,19)20/h3,5-7,9-10,13,25H,2,4,8H2,1H3,(H,22,26)/t10-,13+/m1/s1. The Kier molecular flexibility index (Phi) is 5.17. The third-order valence-corrected chi connectivity index (χ3v) is 4.21. The largest absolute Gasteiger partial charge is 0.433 e. The van der Waals surface area contributed by atoms with Gasteiger partial charge in [0.2, 0.25) is 5.91 Å². The van der Waals surface area contributed by atoms with Gasteiger partial charge in [0.25, 0.3) is 0 Å². The van der Waals surface area contributed by atoms with E-state index in [-0.39, 0.29) is 18.5 Å². The molecule has 0 aromatic carbocycles. The summed E-state index contributed by atoms with van der Waals surface area (Å²) < 4.78 is 37.7. The molecule has 0 bridgehead atoms. The number of carbonyl (C=O) groups excluding carboxylic acids is 1. The maximum absolute atomic E-state index is 12.6. The van der Waals surface area contributed by atoms with Crippen molar-refractivity contribution in [2.24, 2.45) is 0 Å². The molecule has 0 spiro atoms. The van der Waals surface area contributed by atoms with Crippen LogP contribution in [0.15, 0.2) is 30.7 Å². The number of hydrogen-bond donors (Lipinski definition) is 2. The number of nitrogens with zero attached hydrogens (tertiary/aromatic N) is 3. The summed E-state index contributed by atoms with van der Waals surface area (Å²) >= 11 is 0. The quantitative estimate of drug-likeness (QED) is 0.869. The molecule has 0 saturated carbocycles. The van der Waals surface area contributed by atoms with E-state index < -0.39 is 11.9 Å². The minimum atomic E-state index is -4.48. The molecule has 6 nitrogen and oxygen atoms in total. The zero-order chi connectivity index (χ0) is 18.7. The lowest BCUT2D eigenvalue weighted by atomic mass is 10.1. The summed E-state index contributed by atoms with van der Waals surface area (Å²) in [6, 6.07) is 3.96. The Balaban J connectivity index is 1.65. The van der Waals surface area contributed by atoms with Crippen LogP contribution in [0, 0.1) is 0 Å². The van der Waals surface area contributed by atoms with Gasteiger partial charge in [0.1, 0.15) is 12.0 Å². The summed E-state index contributed by atoms with van der Waals surface area (Å²) in [6.45, 7) is 2.25. The SMILES string of the molecule is C[C@@H]1CC[C@@H](C(=O)NCc2cc(-c3ccc(C(F)(F)F)nc3)ncn2)N1. The molecule has 2 aromatic heterocycles. The van der Waals surface area contributed by atoms with Crippen molar-refractivity contribution in [3.63, 3.8) is 0 Å². The highest BCUT2D eigenvalue weighted by Gasteiger charge is 2.32. The summed E-state index contributed by atoms with van der Waals surface area (Å²) in [5, 5.41) is 6.01. The van der Waals surface area contributed by atoms with E-state index in [1.165, 1.54) is 12.4 Å². The number of rotatable bonds is 4. The molecule has 1 fully saturated rings. The second-order valence-electron chi connectivity index (χ2n) is 6.24. The molecule has 1 aliphatic rings. The van der Waals surface area contributed by atoms with Gasteiger partial charge in [-0.25, -0.2) is 9.97 Å². The van der Waals surface area contributed by atoms with E-state index in [9.17, 15) is 18.0 Å². The molecule has 2 N–H and O–H groups in total. The van der Waals surface area contributed by atoms with Crippen molar-refractivity contribution in [3.05, 3.63) is 42.1 Å². The number of amides is 1. The molecule has 0 radical (unpaired) electrons. The molecule has 9 heteroatoms. The van der Waals surface area contributed by atoms with E-state index in [1.807, 2.05) is 6.92 Å². The van der Waals surface area contributed by atoms with Gasteiger partial charge in [-0.3, -0.25) is 9.78 Å². The van der Waals surface area contributed by atoms with E-state index >= 15 is 0 Å². The topological polar surface area (TPSA) is 79.8 Å². The number of pyridine rings is 1. The number of alkyl halides is 3. The Morgan fingerprint density at radius 3 is 2.69 bits per heavy atom. The normalized spacial score (nSPS) is 20.2. The second-order valence-corrected chi connectivity index (χ2v) is 6.24. The highest BCUT2D eigenvalue weighted by molar-refractivity contribution is 5.82. The molecule has 2 aromatic rings. The zero-order valence-corrected chi connectivity index (χ0v) is 14.0. The average Bonchev–Trinajstić information content (AvgIpc) is 3.06. The van der Waals surface area contributed by atoms with Crippen molar-refractivity contribution >= 4 is 5.91 Å². The first-order chi connectivity index (χ1) is 12.3. The van der Waals surface area contributed by atoms with E-state index in [2.05, 4.69) is 25.6 Å². The predicted octanol–water partition coefficient (Wildman–Crippen LogP) is 2.31. The Bertz CT molecular complexity index is 779. The summed E-state index contributed by atoms with van der Waals surface area (Å²) in [7, 11) is 0. The van der Waals surface area contributed by atoms with Crippen molar-refractivity contribution in [2.75, 3.05) is 0 Å². The van der Waals surface area contributed by atoms with Gasteiger partial charge in [-0.15, -0.1) is 0 Å². The highest BCUT2D eigenvalue weighted by Crippen LogP contribution is 2.28. The first-order valence-corrected chi connectivity index (χ1v) is 8.21. The predicted molar refractivity (Wildman–Crippen MR) is 87.7 cm³/mol. The molecule has 0 unspecified atom stereocenters. The number of halogens is 3. The van der Waals surface area contributed by atoms with Gasteiger partial charge in [0.05, 0.1) is 24.0 Å². The first-order valence-electron chi connectivity index (χ1n) is 8.21. The molecule has 0 aliphatic carbocycles. The summed E-state index contributed by atoms with van der Waals surface area (Å²) in [4.78, 5) is 23.7. The lowest BCUT2D eigenvalue weighted by molar-refractivity contribution is -0.141. The molecule has 2 atom stereocenters. The highest BCUT2D eigenvalue weighted by atomic mass is 19.4. The van der Waals surface area contributed by atoms with Crippen LogP contribution in [0.25, 0.3) is 11.3 Å². The van der Waals surface area contributed by atoms with Gasteiger partial charge in [-0.1, -0.05) is 0 Å². The maximum Gasteiger partial charge on any atom is 0.433 e. The minimum Gasteiger partial charge on any atom is -0.349 e. The molecule has 26 heavy (non-hydrogen) atoms. The lowest BCUT2D eigenvalue weighted by Crippen LogP contribution is -2.41. The van der Waals surface area contributed by atoms with Crippen LogP contribution >= 0.6 is 0 Å². The van der Waals surface area contributed by atoms with Crippen LogP contribution < -0.4 is 10.6 Å². The Morgan fingerprint density at radius 1 is 1.27 bits per heavy atom. The summed E-state index contributed by atoms with van der Waals surface area (Å²) in [5.41, 5.74) is 0.493. The zero-order valence-electron chi connectivity index (χ0n) is 14.0. The van der Waals surface area contributed by atoms with Gasteiger partial charge >= 0.3 is 6.18 Å². The number of aromatic nitrogens is 3. The van der Waals surface area contributed by atoms with Crippen LogP contribution in [0.3, 0.4) is 0 Å². The molecular weight excluding hydrogens is 347 g/mol. The maximum atomic E-state index is 12.6. The van der Waals surface area contributed by atoms with Crippen LogP contribution in [0.4, 0.5) is 13.2 Å². The van der Waals surface area contributed by atoms with Gasteiger partial charge < -0.3 is 10.6 Å². The van der Waals surface area contributed by atoms with Crippen molar-refractivity contribution in [3.8, 4) is 11.3 Å². The van der Waals surface area contributed by atoms with Crippen molar-refractivity contribution in [2.45, 2.75) is 44.6 Å². The third-order valence-electron chi connectivity index (χ3n) is 4.21. The third kappa shape index (κ3) is 4.34. The minimum absolute atomic E-state index is 0.0919. The fraction of sp³-hybridized carbons (Fsp3) is 0.412. The van der Waals surface area contributed by atoms with Gasteiger partial charge in [0, 0.05) is 17.8 Å². The van der Waals surface area contributed by atoms with Gasteiger partial charge in [-0.05, 0) is 38.0 Å². The van der Waals surface area contributed by atoms with E-state index in [0.29, 0.717) is 23.0 Å². The Hall–Kier alpha value is -2.55. The molecule has 1 aliphatic heterocycles. The van der Waals surface area contributed by atoms with Crippen LogP contribution in [0.1, 0.15) is 31.2 Å². The van der Waals surface area contributed by atoms with Crippen molar-refractivity contribution in [1.29, 1.82) is 0 Å². The number of nitrogens with one attached hydrogen (secondary N) is 2. The summed E-state index contributed by atoms with van der Waals surface area (Å²) in [5.74, 6) is -0.0919. The van der Waals surface area contributed by atoms with Gasteiger partial charge in [0.15, 0.2) is 0 Å². The molecule has 3 heterocycles. The van der Waals surface area contributed by atoms with E-state index in [0.717, 1.165) is 25.1 Å². The van der Waals surface area contributed by atoms with E-state index in [1.54, 1.807) is 6.07 Å². The average molecular weight is 365 g/mol. The fourth-order valence-electron chi connectivity index (χ4n) is 2.80. The fourth-order valence-corrected chi connectivity index (χ4v) is 2.80. The smallest absolute Gasteiger partial charge is 0.349 e. The van der Waals surface area contributed by atoms with Gasteiger partial charge in [-0.2, -0.15) is 13.2 Å². The summed E-state index contributed by atoms with van der Waals surface area (Å²) in [6.07, 6.45) is -0.303. The van der Waals surface area contributed by atoms with Crippen LogP contribution in [-0.4, -0.2) is 32.9 Å². The Labute approximate surface area is 148 Å².